The van der Waals surface area contributed by atoms with Crippen molar-refractivity contribution in [3.05, 3.63) is 0 Å². The molecule has 0 bridgehead atoms. The van der Waals surface area contributed by atoms with Crippen molar-refractivity contribution in [2.45, 2.75) is 40.5 Å². The van der Waals surface area contributed by atoms with Gasteiger partial charge in [0.1, 0.15) is 0 Å². The van der Waals surface area contributed by atoms with E-state index in [0.717, 1.165) is 31.9 Å². The highest BCUT2D eigenvalue weighted by Gasteiger charge is 2.26. The fourth-order valence-electron chi connectivity index (χ4n) is 1.23. The summed E-state index contributed by atoms with van der Waals surface area (Å²) in [7, 11) is 0. The van der Waals surface area contributed by atoms with Crippen molar-refractivity contribution in [1.82, 2.24) is 0 Å². The van der Waals surface area contributed by atoms with Gasteiger partial charge in [0.15, 0.2) is 0 Å². The monoisotopic (exact) mass is 206 g/mol. The Labute approximate surface area is 87.8 Å². The molecule has 13 heavy (non-hydrogen) atoms. The highest BCUT2D eigenvalue weighted by atomic mass is 35.5. The molecule has 0 spiro atoms. The standard InChI is InChI=1S/C11H23ClO/c1-5-13-8-6-7-11(4,9-12)10(2)3/h10H,5-9H2,1-4H3. The van der Waals surface area contributed by atoms with Gasteiger partial charge in [-0.1, -0.05) is 20.8 Å². The maximum Gasteiger partial charge on any atom is 0.0466 e. The van der Waals surface area contributed by atoms with Crippen molar-refractivity contribution in [3.63, 3.8) is 0 Å². The Morgan fingerprint density at radius 1 is 1.38 bits per heavy atom. The topological polar surface area (TPSA) is 9.23 Å². The number of hydrogen-bond acceptors (Lipinski definition) is 1. The van der Waals surface area contributed by atoms with Crippen LogP contribution in [0.4, 0.5) is 0 Å². The molecule has 80 valence electrons. The Kier molecular flexibility index (Phi) is 6.79. The minimum atomic E-state index is 0.276. The summed E-state index contributed by atoms with van der Waals surface area (Å²) in [4.78, 5) is 0. The summed E-state index contributed by atoms with van der Waals surface area (Å²) in [6.07, 6.45) is 2.28. The lowest BCUT2D eigenvalue weighted by molar-refractivity contribution is 0.124. The van der Waals surface area contributed by atoms with Crippen LogP contribution in [0.1, 0.15) is 40.5 Å². The van der Waals surface area contributed by atoms with Gasteiger partial charge in [0.2, 0.25) is 0 Å². The maximum absolute atomic E-state index is 5.98. The Hall–Kier alpha value is 0.250. The summed E-state index contributed by atoms with van der Waals surface area (Å²) in [5.41, 5.74) is 0.276. The predicted octanol–water partition coefficient (Wildman–Crippen LogP) is 3.70. The summed E-state index contributed by atoms with van der Waals surface area (Å²) in [6.45, 7) is 10.5. The van der Waals surface area contributed by atoms with Crippen LogP contribution in [0.3, 0.4) is 0 Å². The Morgan fingerprint density at radius 2 is 2.00 bits per heavy atom. The Bertz CT molecular complexity index is 125. The third-order valence-corrected chi connectivity index (χ3v) is 3.55. The summed E-state index contributed by atoms with van der Waals surface area (Å²) in [5.74, 6) is 1.39. The lowest BCUT2D eigenvalue weighted by atomic mass is 9.77. The minimum Gasteiger partial charge on any atom is -0.382 e. The molecule has 0 radical (unpaired) electrons. The quantitative estimate of drug-likeness (QED) is 0.456. The normalized spacial score (nSPS) is 16.2. The molecule has 1 nitrogen and oxygen atoms in total. The van der Waals surface area contributed by atoms with Gasteiger partial charge in [0.25, 0.3) is 0 Å². The molecule has 2 heteroatoms. The van der Waals surface area contributed by atoms with E-state index in [0.29, 0.717) is 5.92 Å². The van der Waals surface area contributed by atoms with Crippen molar-refractivity contribution in [2.75, 3.05) is 19.1 Å². The number of hydrogen-bond donors (Lipinski definition) is 0. The van der Waals surface area contributed by atoms with Gasteiger partial charge in [-0.3, -0.25) is 0 Å². The van der Waals surface area contributed by atoms with Crippen LogP contribution in [-0.2, 0) is 4.74 Å². The number of halogens is 1. The first-order valence-corrected chi connectivity index (χ1v) is 5.74. The van der Waals surface area contributed by atoms with Gasteiger partial charge in [0.05, 0.1) is 0 Å². The number of alkyl halides is 1. The van der Waals surface area contributed by atoms with E-state index in [1.807, 2.05) is 6.92 Å². The van der Waals surface area contributed by atoms with Crippen LogP contribution < -0.4 is 0 Å². The first kappa shape index (κ1) is 13.2. The Balaban J connectivity index is 3.71. The fourth-order valence-corrected chi connectivity index (χ4v) is 1.67. The van der Waals surface area contributed by atoms with E-state index in [9.17, 15) is 0 Å². The summed E-state index contributed by atoms with van der Waals surface area (Å²) >= 11 is 5.98. The summed E-state index contributed by atoms with van der Waals surface area (Å²) in [6, 6.07) is 0. The maximum atomic E-state index is 5.98. The molecular formula is C11H23ClO. The van der Waals surface area contributed by atoms with Gasteiger partial charge in [-0.2, -0.15) is 0 Å². The summed E-state index contributed by atoms with van der Waals surface area (Å²) < 4.78 is 5.31. The molecule has 0 aliphatic heterocycles. The van der Waals surface area contributed by atoms with Crippen molar-refractivity contribution in [1.29, 1.82) is 0 Å². The average Bonchev–Trinajstić information content (AvgIpc) is 2.12. The first-order valence-electron chi connectivity index (χ1n) is 5.20. The molecule has 0 aliphatic carbocycles. The third-order valence-electron chi connectivity index (χ3n) is 2.94. The van der Waals surface area contributed by atoms with Crippen molar-refractivity contribution in [2.24, 2.45) is 11.3 Å². The highest BCUT2D eigenvalue weighted by molar-refractivity contribution is 6.18. The molecule has 0 fully saturated rings. The van der Waals surface area contributed by atoms with E-state index in [4.69, 9.17) is 16.3 Å². The molecule has 0 aromatic carbocycles. The molecule has 1 unspecified atom stereocenters. The van der Waals surface area contributed by atoms with E-state index in [2.05, 4.69) is 20.8 Å². The molecule has 0 aromatic heterocycles. The zero-order valence-electron chi connectivity index (χ0n) is 9.40. The molecule has 0 saturated carbocycles. The van der Waals surface area contributed by atoms with Crippen LogP contribution in [0.2, 0.25) is 0 Å². The molecule has 0 saturated heterocycles. The predicted molar refractivity (Wildman–Crippen MR) is 59.4 cm³/mol. The van der Waals surface area contributed by atoms with E-state index in [-0.39, 0.29) is 5.41 Å². The zero-order valence-corrected chi connectivity index (χ0v) is 10.2. The lowest BCUT2D eigenvalue weighted by Gasteiger charge is -2.31. The zero-order chi connectivity index (χ0) is 10.3. The first-order chi connectivity index (χ1) is 6.06. The van der Waals surface area contributed by atoms with Gasteiger partial charge in [-0.25, -0.2) is 0 Å². The summed E-state index contributed by atoms with van der Waals surface area (Å²) in [5, 5.41) is 0. The van der Waals surface area contributed by atoms with Gasteiger partial charge in [-0.15, -0.1) is 11.6 Å². The molecule has 0 N–H and O–H groups in total. The van der Waals surface area contributed by atoms with Gasteiger partial charge >= 0.3 is 0 Å². The van der Waals surface area contributed by atoms with Crippen LogP contribution in [0.5, 0.6) is 0 Å². The van der Waals surface area contributed by atoms with Crippen LogP contribution in [-0.4, -0.2) is 19.1 Å². The van der Waals surface area contributed by atoms with Crippen LogP contribution >= 0.6 is 11.6 Å². The molecule has 0 heterocycles. The fraction of sp³-hybridized carbons (Fsp3) is 1.00. The molecule has 1 atom stereocenters. The number of ether oxygens (including phenoxy) is 1. The second kappa shape index (κ2) is 6.67. The SMILES string of the molecule is CCOCCCC(C)(CCl)C(C)C. The lowest BCUT2D eigenvalue weighted by Crippen LogP contribution is -2.25. The van der Waals surface area contributed by atoms with Crippen LogP contribution in [0, 0.1) is 11.3 Å². The van der Waals surface area contributed by atoms with Gasteiger partial charge in [-0.05, 0) is 31.1 Å². The average molecular weight is 207 g/mol. The largest absolute Gasteiger partial charge is 0.382 e. The smallest absolute Gasteiger partial charge is 0.0466 e. The minimum absolute atomic E-state index is 0.276. The van der Waals surface area contributed by atoms with E-state index >= 15 is 0 Å². The van der Waals surface area contributed by atoms with E-state index in [1.54, 1.807) is 0 Å². The van der Waals surface area contributed by atoms with Crippen LogP contribution in [0.25, 0.3) is 0 Å². The molecular weight excluding hydrogens is 184 g/mol. The van der Waals surface area contributed by atoms with E-state index in [1.165, 1.54) is 0 Å². The van der Waals surface area contributed by atoms with Crippen molar-refractivity contribution < 1.29 is 4.74 Å². The van der Waals surface area contributed by atoms with E-state index < -0.39 is 0 Å². The highest BCUT2D eigenvalue weighted by Crippen LogP contribution is 2.33. The van der Waals surface area contributed by atoms with Crippen molar-refractivity contribution in [3.8, 4) is 0 Å². The van der Waals surface area contributed by atoms with Crippen LogP contribution in [0.15, 0.2) is 0 Å². The Morgan fingerprint density at radius 3 is 2.38 bits per heavy atom. The molecule has 0 aromatic rings. The molecule has 0 aliphatic rings. The van der Waals surface area contributed by atoms with Crippen molar-refractivity contribution >= 4 is 11.6 Å². The number of rotatable bonds is 7. The molecule has 0 amide bonds. The molecule has 0 rings (SSSR count). The third kappa shape index (κ3) is 4.87. The van der Waals surface area contributed by atoms with Gasteiger partial charge in [0, 0.05) is 19.1 Å². The second-order valence-corrected chi connectivity index (χ2v) is 4.51. The van der Waals surface area contributed by atoms with Gasteiger partial charge < -0.3 is 4.74 Å². The second-order valence-electron chi connectivity index (χ2n) is 4.24.